The van der Waals surface area contributed by atoms with Gasteiger partial charge in [0.2, 0.25) is 23.5 Å². The van der Waals surface area contributed by atoms with Gasteiger partial charge in [-0.2, -0.15) is 0 Å². The maximum absolute atomic E-state index is 14.2. The second-order valence-electron chi connectivity index (χ2n) is 13.3. The van der Waals surface area contributed by atoms with Crippen LogP contribution in [0.15, 0.2) is 18.6 Å². The number of Topliss-reactive ketones (excluding diaryl/α,β-unsaturated/α-hetero) is 1. The largest absolute Gasteiger partial charge is 0.347 e. The lowest BCUT2D eigenvalue weighted by Gasteiger charge is -2.37. The average Bonchev–Trinajstić information content (AvgIpc) is 3.77. The standard InChI is InChI=1S/C32H47N7O6/c1-7-8-23(27(40)30(43)35-21-9-10-21)38-14-11-20-16-39(26(19(20)6)32(38)45)31(44)25(18(4)5)37-29(42)24(17(2)3)36-28(41)22-15-33-12-13-34-22/h12-13,15,17-21,23-26H,7-11,14,16H2,1-6H3,(H,35,43)(H,36,41)(H,37,42)/t19-,20-,23?,24+,25-,26?/m0/s1. The van der Waals surface area contributed by atoms with Crippen LogP contribution in [0.5, 0.6) is 0 Å². The zero-order valence-corrected chi connectivity index (χ0v) is 27.1. The Morgan fingerprint density at radius 3 is 2.24 bits per heavy atom. The van der Waals surface area contributed by atoms with E-state index in [0.717, 1.165) is 12.8 Å². The van der Waals surface area contributed by atoms with Gasteiger partial charge in [-0.25, -0.2) is 4.98 Å². The average molecular weight is 626 g/mol. The summed E-state index contributed by atoms with van der Waals surface area (Å²) in [5.74, 6) is -3.86. The minimum Gasteiger partial charge on any atom is -0.347 e. The van der Waals surface area contributed by atoms with Gasteiger partial charge in [-0.15, -0.1) is 0 Å². The molecular weight excluding hydrogens is 578 g/mol. The quantitative estimate of drug-likeness (QED) is 0.274. The maximum Gasteiger partial charge on any atom is 0.289 e. The minimum absolute atomic E-state index is 0.0174. The van der Waals surface area contributed by atoms with Gasteiger partial charge in [-0.1, -0.05) is 48.0 Å². The van der Waals surface area contributed by atoms with Crippen molar-refractivity contribution >= 4 is 35.3 Å². The molecule has 2 unspecified atom stereocenters. The van der Waals surface area contributed by atoms with Crippen molar-refractivity contribution in [3.8, 4) is 0 Å². The molecule has 13 nitrogen and oxygen atoms in total. The molecule has 246 valence electrons. The lowest BCUT2D eigenvalue weighted by atomic mass is 9.91. The van der Waals surface area contributed by atoms with Crippen LogP contribution in [-0.4, -0.2) is 98.4 Å². The highest BCUT2D eigenvalue weighted by molar-refractivity contribution is 6.38. The van der Waals surface area contributed by atoms with Gasteiger partial charge < -0.3 is 25.8 Å². The first-order valence-corrected chi connectivity index (χ1v) is 16.2. The van der Waals surface area contributed by atoms with E-state index in [-0.39, 0.29) is 47.2 Å². The highest BCUT2D eigenvalue weighted by Crippen LogP contribution is 2.37. The molecule has 0 radical (unpaired) electrons. The summed E-state index contributed by atoms with van der Waals surface area (Å²) >= 11 is 0. The second kappa shape index (κ2) is 14.5. The molecule has 3 N–H and O–H groups in total. The topological polar surface area (TPSA) is 171 Å². The molecule has 0 aromatic carbocycles. The Morgan fingerprint density at radius 1 is 0.978 bits per heavy atom. The molecule has 1 aromatic rings. The van der Waals surface area contributed by atoms with Crippen LogP contribution in [0.1, 0.15) is 84.1 Å². The lowest BCUT2D eigenvalue weighted by Crippen LogP contribution is -2.61. The molecule has 2 bridgehead atoms. The molecule has 0 spiro atoms. The molecule has 1 saturated carbocycles. The van der Waals surface area contributed by atoms with Crippen molar-refractivity contribution in [2.45, 2.75) is 104 Å². The zero-order valence-electron chi connectivity index (χ0n) is 27.1. The normalized spacial score (nSPS) is 23.3. The highest BCUT2D eigenvalue weighted by Gasteiger charge is 2.52. The zero-order chi connectivity index (χ0) is 33.0. The number of likely N-dealkylation sites (tertiary alicyclic amines) is 2. The van der Waals surface area contributed by atoms with E-state index in [1.54, 1.807) is 18.7 Å². The van der Waals surface area contributed by atoms with E-state index in [4.69, 9.17) is 0 Å². The van der Waals surface area contributed by atoms with Crippen LogP contribution in [0, 0.1) is 23.7 Å². The molecule has 13 heteroatoms. The Balaban J connectivity index is 1.52. The molecular formula is C32H47N7O6. The first-order chi connectivity index (χ1) is 21.3. The van der Waals surface area contributed by atoms with E-state index in [1.807, 2.05) is 27.7 Å². The summed E-state index contributed by atoms with van der Waals surface area (Å²) in [6, 6.07) is -3.60. The first-order valence-electron chi connectivity index (χ1n) is 16.2. The summed E-state index contributed by atoms with van der Waals surface area (Å²) < 4.78 is 0. The molecule has 3 heterocycles. The molecule has 3 aliphatic rings. The number of fused-ring (bicyclic) bond motifs is 2. The predicted molar refractivity (Wildman–Crippen MR) is 164 cm³/mol. The number of rotatable bonds is 13. The molecule has 2 saturated heterocycles. The van der Waals surface area contributed by atoms with Gasteiger partial charge in [0.25, 0.3) is 11.8 Å². The molecule has 4 rings (SSSR count). The molecule has 3 fully saturated rings. The van der Waals surface area contributed by atoms with Gasteiger partial charge in [-0.3, -0.25) is 33.8 Å². The van der Waals surface area contributed by atoms with Gasteiger partial charge in [0.05, 0.1) is 6.20 Å². The first kappa shape index (κ1) is 34.0. The molecule has 1 aliphatic carbocycles. The molecule has 45 heavy (non-hydrogen) atoms. The number of hydrogen-bond acceptors (Lipinski definition) is 8. The third-order valence-electron chi connectivity index (χ3n) is 9.21. The van der Waals surface area contributed by atoms with E-state index < -0.39 is 47.7 Å². The van der Waals surface area contributed by atoms with E-state index in [1.165, 1.54) is 23.5 Å². The highest BCUT2D eigenvalue weighted by atomic mass is 16.2. The van der Waals surface area contributed by atoms with E-state index in [2.05, 4.69) is 25.9 Å². The predicted octanol–water partition coefficient (Wildman–Crippen LogP) is 1.08. The van der Waals surface area contributed by atoms with Gasteiger partial charge in [0.1, 0.15) is 29.9 Å². The fourth-order valence-electron chi connectivity index (χ4n) is 6.35. The van der Waals surface area contributed by atoms with Crippen molar-refractivity contribution in [2.75, 3.05) is 13.1 Å². The van der Waals surface area contributed by atoms with Crippen molar-refractivity contribution in [1.82, 2.24) is 35.7 Å². The van der Waals surface area contributed by atoms with E-state index >= 15 is 0 Å². The summed E-state index contributed by atoms with van der Waals surface area (Å²) in [5, 5.41) is 8.31. The maximum atomic E-state index is 14.2. The van der Waals surface area contributed by atoms with Crippen LogP contribution in [0.2, 0.25) is 0 Å². The Bertz CT molecular complexity index is 1280. The van der Waals surface area contributed by atoms with Crippen LogP contribution < -0.4 is 16.0 Å². The fourth-order valence-corrected chi connectivity index (χ4v) is 6.35. The second-order valence-corrected chi connectivity index (χ2v) is 13.3. The smallest absolute Gasteiger partial charge is 0.289 e. The Hall–Kier alpha value is -3.90. The van der Waals surface area contributed by atoms with Crippen LogP contribution in [0.25, 0.3) is 0 Å². The number of nitrogens with zero attached hydrogens (tertiary/aromatic N) is 4. The third-order valence-corrected chi connectivity index (χ3v) is 9.21. The van der Waals surface area contributed by atoms with Gasteiger partial charge in [-0.05, 0) is 49.4 Å². The number of carbonyl (C=O) groups excluding carboxylic acids is 6. The van der Waals surface area contributed by atoms with Gasteiger partial charge in [0.15, 0.2) is 0 Å². The summed E-state index contributed by atoms with van der Waals surface area (Å²) in [4.78, 5) is 91.6. The molecule has 6 atom stereocenters. The van der Waals surface area contributed by atoms with Crippen molar-refractivity contribution in [2.24, 2.45) is 23.7 Å². The van der Waals surface area contributed by atoms with Crippen molar-refractivity contribution in [3.63, 3.8) is 0 Å². The number of amides is 5. The number of nitrogens with one attached hydrogen (secondary N) is 3. The summed E-state index contributed by atoms with van der Waals surface area (Å²) in [5.41, 5.74) is 0.0646. The van der Waals surface area contributed by atoms with Gasteiger partial charge >= 0.3 is 0 Å². The number of aromatic nitrogens is 2. The number of hydrogen-bond donors (Lipinski definition) is 3. The number of carbonyl (C=O) groups is 6. The third kappa shape index (κ3) is 7.67. The van der Waals surface area contributed by atoms with Crippen molar-refractivity contribution in [1.29, 1.82) is 0 Å². The van der Waals surface area contributed by atoms with E-state index in [0.29, 0.717) is 32.4 Å². The van der Waals surface area contributed by atoms with Crippen LogP contribution in [0.4, 0.5) is 0 Å². The van der Waals surface area contributed by atoms with Crippen molar-refractivity contribution < 1.29 is 28.8 Å². The van der Waals surface area contributed by atoms with Crippen LogP contribution >= 0.6 is 0 Å². The SMILES string of the molecule is CCCC(C(=O)C(=O)NC1CC1)N1CC[C@H]2CN(C(=O)[C@@H](NC(=O)[C@H](NC(=O)c3cnccn3)C(C)C)C(C)C)C(C1=O)[C@H]2C. The Morgan fingerprint density at radius 2 is 1.67 bits per heavy atom. The Kier molecular flexibility index (Phi) is 10.9. The van der Waals surface area contributed by atoms with E-state index in [9.17, 15) is 28.8 Å². The minimum atomic E-state index is -0.960. The lowest BCUT2D eigenvalue weighted by molar-refractivity contribution is -0.152. The summed E-state index contributed by atoms with van der Waals surface area (Å²) in [6.07, 6.45) is 7.37. The van der Waals surface area contributed by atoms with Gasteiger partial charge in [0, 0.05) is 31.5 Å². The fraction of sp³-hybridized carbons (Fsp3) is 0.688. The monoisotopic (exact) mass is 625 g/mol. The van der Waals surface area contributed by atoms with Crippen LogP contribution in [0.3, 0.4) is 0 Å². The van der Waals surface area contributed by atoms with Crippen molar-refractivity contribution in [3.05, 3.63) is 24.3 Å². The molecule has 2 aliphatic heterocycles. The number of ketones is 1. The van der Waals surface area contributed by atoms with Crippen LogP contribution in [-0.2, 0) is 24.0 Å². The molecule has 1 aromatic heterocycles. The summed E-state index contributed by atoms with van der Waals surface area (Å²) in [6.45, 7) is 11.7. The molecule has 5 amide bonds. The Labute approximate surface area is 264 Å². The summed E-state index contributed by atoms with van der Waals surface area (Å²) in [7, 11) is 0.